The molecule has 176 valence electrons. The van der Waals surface area contributed by atoms with Gasteiger partial charge in [-0.05, 0) is 64.3 Å². The summed E-state index contributed by atoms with van der Waals surface area (Å²) >= 11 is 0. The molecule has 0 radical (unpaired) electrons. The van der Waals surface area contributed by atoms with Gasteiger partial charge in [-0.15, -0.1) is 0 Å². The molecule has 1 saturated heterocycles. The average Bonchev–Trinajstić information content (AvgIpc) is 3.07. The SMILES string of the molecule is Cc1cc(OC(C)(C)C)ccc1-c1c(C)ncnc1N1CC[C@@H](F)C1.O=C(O)C(F)(F)F. The highest BCUT2D eigenvalue weighted by molar-refractivity contribution is 5.80. The second-order valence-electron chi connectivity index (χ2n) is 8.48. The van der Waals surface area contributed by atoms with Gasteiger partial charge in [-0.1, -0.05) is 6.07 Å². The number of aliphatic carboxylic acids is 1. The number of aryl methyl sites for hydroxylation is 2. The Labute approximate surface area is 184 Å². The number of hydrogen-bond donors (Lipinski definition) is 1. The monoisotopic (exact) mass is 457 g/mol. The van der Waals surface area contributed by atoms with E-state index in [0.29, 0.717) is 19.5 Å². The number of nitrogens with zero attached hydrogens (tertiary/aromatic N) is 3. The zero-order chi connectivity index (χ0) is 24.3. The molecule has 1 aliphatic rings. The van der Waals surface area contributed by atoms with Crippen LogP contribution in [0.2, 0.25) is 0 Å². The van der Waals surface area contributed by atoms with E-state index in [1.54, 1.807) is 6.33 Å². The number of carboxylic acid groups (broad SMARTS) is 1. The molecule has 0 saturated carbocycles. The van der Waals surface area contributed by atoms with Crippen molar-refractivity contribution in [3.63, 3.8) is 0 Å². The highest BCUT2D eigenvalue weighted by atomic mass is 19.4. The van der Waals surface area contributed by atoms with Gasteiger partial charge < -0.3 is 14.7 Å². The van der Waals surface area contributed by atoms with Crippen LogP contribution in [0.5, 0.6) is 5.75 Å². The molecule has 0 spiro atoms. The number of carbonyl (C=O) groups is 1. The van der Waals surface area contributed by atoms with Crippen molar-refractivity contribution < 1.29 is 32.2 Å². The molecule has 1 fully saturated rings. The summed E-state index contributed by atoms with van der Waals surface area (Å²) in [4.78, 5) is 19.8. The second-order valence-corrected chi connectivity index (χ2v) is 8.48. The minimum Gasteiger partial charge on any atom is -0.488 e. The summed E-state index contributed by atoms with van der Waals surface area (Å²) < 4.78 is 51.4. The maximum atomic E-state index is 13.7. The summed E-state index contributed by atoms with van der Waals surface area (Å²) in [5.41, 5.74) is 3.81. The van der Waals surface area contributed by atoms with Crippen LogP contribution in [0.3, 0.4) is 0 Å². The zero-order valence-corrected chi connectivity index (χ0v) is 18.6. The number of alkyl halides is 4. The highest BCUT2D eigenvalue weighted by Gasteiger charge is 2.38. The highest BCUT2D eigenvalue weighted by Crippen LogP contribution is 2.36. The summed E-state index contributed by atoms with van der Waals surface area (Å²) in [5.74, 6) is -1.09. The van der Waals surface area contributed by atoms with E-state index in [-0.39, 0.29) is 5.60 Å². The first-order valence-corrected chi connectivity index (χ1v) is 10.00. The minimum atomic E-state index is -5.08. The molecule has 32 heavy (non-hydrogen) atoms. The molecule has 6 nitrogen and oxygen atoms in total. The molecule has 0 amide bonds. The topological polar surface area (TPSA) is 75.6 Å². The van der Waals surface area contributed by atoms with Crippen LogP contribution >= 0.6 is 0 Å². The molecule has 0 unspecified atom stereocenters. The molecule has 0 aliphatic carbocycles. The quantitative estimate of drug-likeness (QED) is 0.645. The van der Waals surface area contributed by atoms with Crippen molar-refractivity contribution in [2.24, 2.45) is 0 Å². The van der Waals surface area contributed by atoms with Gasteiger partial charge in [0.2, 0.25) is 0 Å². The summed E-state index contributed by atoms with van der Waals surface area (Å²) in [5, 5.41) is 7.12. The molecule has 1 N–H and O–H groups in total. The lowest BCUT2D eigenvalue weighted by molar-refractivity contribution is -0.192. The Hall–Kier alpha value is -2.91. The van der Waals surface area contributed by atoms with Crippen molar-refractivity contribution in [2.45, 2.75) is 59.0 Å². The summed E-state index contributed by atoms with van der Waals surface area (Å²) in [6.45, 7) is 11.2. The molecular weight excluding hydrogens is 430 g/mol. The van der Waals surface area contributed by atoms with Crippen LogP contribution in [-0.2, 0) is 4.79 Å². The fourth-order valence-corrected chi connectivity index (χ4v) is 3.26. The van der Waals surface area contributed by atoms with Gasteiger partial charge in [-0.3, -0.25) is 0 Å². The van der Waals surface area contributed by atoms with E-state index in [4.69, 9.17) is 14.6 Å². The van der Waals surface area contributed by atoms with Crippen LogP contribution in [0, 0.1) is 13.8 Å². The van der Waals surface area contributed by atoms with Crippen molar-refractivity contribution in [2.75, 3.05) is 18.0 Å². The van der Waals surface area contributed by atoms with E-state index in [0.717, 1.165) is 34.0 Å². The Morgan fingerprint density at radius 3 is 2.28 bits per heavy atom. The van der Waals surface area contributed by atoms with Crippen LogP contribution in [-0.4, -0.2) is 52.1 Å². The molecule has 3 rings (SSSR count). The molecule has 1 aromatic carbocycles. The average molecular weight is 457 g/mol. The van der Waals surface area contributed by atoms with Gasteiger partial charge in [-0.2, -0.15) is 13.2 Å². The molecular formula is C22H27F4N3O3. The van der Waals surface area contributed by atoms with Crippen LogP contribution in [0.4, 0.5) is 23.4 Å². The number of hydrogen-bond acceptors (Lipinski definition) is 5. The lowest BCUT2D eigenvalue weighted by Crippen LogP contribution is -2.23. The molecule has 1 aromatic heterocycles. The van der Waals surface area contributed by atoms with E-state index in [9.17, 15) is 17.6 Å². The van der Waals surface area contributed by atoms with Crippen LogP contribution in [0.25, 0.3) is 11.1 Å². The molecule has 2 aromatic rings. The third-order valence-corrected chi connectivity index (χ3v) is 4.58. The molecule has 2 heterocycles. The van der Waals surface area contributed by atoms with E-state index >= 15 is 0 Å². The number of rotatable bonds is 3. The molecule has 1 atom stereocenters. The third-order valence-electron chi connectivity index (χ3n) is 4.58. The normalized spacial score (nSPS) is 16.4. The Bertz CT molecular complexity index is 958. The van der Waals surface area contributed by atoms with E-state index in [1.165, 1.54) is 0 Å². The number of benzene rings is 1. The third kappa shape index (κ3) is 6.80. The first kappa shape index (κ1) is 25.4. The number of carboxylic acids is 1. The minimum absolute atomic E-state index is 0.240. The van der Waals surface area contributed by atoms with Crippen molar-refractivity contribution in [3.05, 3.63) is 35.8 Å². The van der Waals surface area contributed by atoms with Gasteiger partial charge in [0.15, 0.2) is 0 Å². The van der Waals surface area contributed by atoms with Crippen LogP contribution in [0.1, 0.15) is 38.4 Å². The predicted molar refractivity (Wildman–Crippen MR) is 113 cm³/mol. The van der Waals surface area contributed by atoms with Gasteiger partial charge in [-0.25, -0.2) is 19.2 Å². The molecule has 0 bridgehead atoms. The van der Waals surface area contributed by atoms with Crippen molar-refractivity contribution in [1.29, 1.82) is 0 Å². The Morgan fingerprint density at radius 1 is 1.19 bits per heavy atom. The Kier molecular flexibility index (Phi) is 7.69. The maximum Gasteiger partial charge on any atom is 0.490 e. The van der Waals surface area contributed by atoms with Crippen molar-refractivity contribution in [3.8, 4) is 16.9 Å². The maximum absolute atomic E-state index is 13.7. The predicted octanol–water partition coefficient (Wildman–Crippen LogP) is 5.12. The van der Waals surface area contributed by atoms with Crippen LogP contribution < -0.4 is 9.64 Å². The molecule has 10 heteroatoms. The largest absolute Gasteiger partial charge is 0.490 e. The van der Waals surface area contributed by atoms with E-state index < -0.39 is 18.3 Å². The number of ether oxygens (including phenoxy) is 1. The van der Waals surface area contributed by atoms with Gasteiger partial charge in [0.05, 0.1) is 12.2 Å². The summed E-state index contributed by atoms with van der Waals surface area (Å²) in [6.07, 6.45) is -3.75. The second kappa shape index (κ2) is 9.70. The fraction of sp³-hybridized carbons (Fsp3) is 0.500. The lowest BCUT2D eigenvalue weighted by Gasteiger charge is -2.24. The van der Waals surface area contributed by atoms with Gasteiger partial charge >= 0.3 is 12.1 Å². The smallest absolute Gasteiger partial charge is 0.488 e. The van der Waals surface area contributed by atoms with Gasteiger partial charge in [0.25, 0.3) is 0 Å². The lowest BCUT2D eigenvalue weighted by atomic mass is 9.99. The summed E-state index contributed by atoms with van der Waals surface area (Å²) in [6, 6.07) is 6.07. The summed E-state index contributed by atoms with van der Waals surface area (Å²) in [7, 11) is 0. The van der Waals surface area contributed by atoms with Gasteiger partial charge in [0, 0.05) is 12.1 Å². The van der Waals surface area contributed by atoms with E-state index in [2.05, 4.69) is 23.0 Å². The standard InChI is InChI=1S/C20H26FN3O.C2HF3O2/c1-13-10-16(25-20(3,4)5)6-7-17(13)18-14(2)22-12-23-19(18)24-9-8-15(21)11-24;3-2(4,5)1(6)7/h6-7,10,12,15H,8-9,11H2,1-5H3;(H,6,7)/t15-;/m1./s1. The fourth-order valence-electron chi connectivity index (χ4n) is 3.26. The molecule has 1 aliphatic heterocycles. The first-order valence-electron chi connectivity index (χ1n) is 10.00. The Balaban J connectivity index is 0.000000451. The van der Waals surface area contributed by atoms with Crippen molar-refractivity contribution in [1.82, 2.24) is 9.97 Å². The van der Waals surface area contributed by atoms with Crippen LogP contribution in [0.15, 0.2) is 24.5 Å². The van der Waals surface area contributed by atoms with Gasteiger partial charge in [0.1, 0.15) is 29.7 Å². The first-order chi connectivity index (χ1) is 14.7. The number of anilines is 1. The van der Waals surface area contributed by atoms with Crippen molar-refractivity contribution >= 4 is 11.8 Å². The number of aromatic nitrogens is 2. The van der Waals surface area contributed by atoms with E-state index in [1.807, 2.05) is 44.7 Å². The number of halogens is 4. The Morgan fingerprint density at radius 2 is 1.81 bits per heavy atom. The zero-order valence-electron chi connectivity index (χ0n) is 18.6.